The average molecular weight is 347 g/mol. The van der Waals surface area contributed by atoms with Crippen LogP contribution in [0.15, 0.2) is 30.6 Å². The second-order valence-corrected chi connectivity index (χ2v) is 6.05. The first kappa shape index (κ1) is 17.7. The Kier molecular flexibility index (Phi) is 5.91. The number of aromatic nitrogens is 2. The fourth-order valence-corrected chi connectivity index (χ4v) is 2.97. The zero-order valence-corrected chi connectivity index (χ0v) is 14.2. The van der Waals surface area contributed by atoms with Gasteiger partial charge in [0.15, 0.2) is 0 Å². The number of aliphatic hydroxyl groups excluding tert-OH is 1. The predicted molar refractivity (Wildman–Crippen MR) is 89.6 cm³/mol. The molecule has 3 rings (SSSR count). The lowest BCUT2D eigenvalue weighted by molar-refractivity contribution is 0.00673. The Bertz CT molecular complexity index is 699. The molecule has 0 fully saturated rings. The van der Waals surface area contributed by atoms with Gasteiger partial charge < -0.3 is 14.6 Å². The Morgan fingerprint density at radius 3 is 2.96 bits per heavy atom. The molecule has 1 atom stereocenters. The maximum absolute atomic E-state index is 13.5. The van der Waals surface area contributed by atoms with Crippen LogP contribution in [0.3, 0.4) is 0 Å². The molecule has 1 aromatic carbocycles. The third-order valence-corrected chi connectivity index (χ3v) is 4.23. The van der Waals surface area contributed by atoms with Crippen LogP contribution in [0.4, 0.5) is 4.39 Å². The summed E-state index contributed by atoms with van der Waals surface area (Å²) in [4.78, 5) is 10.5. The molecule has 2 heterocycles. The van der Waals surface area contributed by atoms with Gasteiger partial charge in [-0.1, -0.05) is 18.2 Å². The summed E-state index contributed by atoms with van der Waals surface area (Å²) in [6.45, 7) is 2.20. The first-order valence-corrected chi connectivity index (χ1v) is 8.25. The van der Waals surface area contributed by atoms with E-state index in [0.717, 1.165) is 24.2 Å². The summed E-state index contributed by atoms with van der Waals surface area (Å²) >= 11 is 0. The number of hydrogen-bond acceptors (Lipinski definition) is 6. The molecule has 134 valence electrons. The number of halogens is 1. The molecule has 2 aromatic rings. The number of methoxy groups -OCH3 is 1. The van der Waals surface area contributed by atoms with Gasteiger partial charge in [-0.25, -0.2) is 14.4 Å². The Balaban J connectivity index is 1.49. The van der Waals surface area contributed by atoms with Crippen molar-refractivity contribution in [2.45, 2.75) is 25.7 Å². The minimum absolute atomic E-state index is 0.147. The fraction of sp³-hybridized carbons (Fsp3) is 0.444. The average Bonchev–Trinajstić information content (AvgIpc) is 2.62. The highest BCUT2D eigenvalue weighted by Crippen LogP contribution is 2.24. The van der Waals surface area contributed by atoms with Crippen molar-refractivity contribution in [2.24, 2.45) is 0 Å². The molecule has 0 bridgehead atoms. The van der Waals surface area contributed by atoms with Crippen LogP contribution in [0.5, 0.6) is 5.88 Å². The summed E-state index contributed by atoms with van der Waals surface area (Å²) < 4.78 is 24.3. The lowest BCUT2D eigenvalue weighted by atomic mass is 10.1. The topological polar surface area (TPSA) is 67.7 Å². The van der Waals surface area contributed by atoms with Crippen molar-refractivity contribution in [3.8, 4) is 5.88 Å². The third kappa shape index (κ3) is 4.50. The van der Waals surface area contributed by atoms with E-state index in [1.807, 2.05) is 0 Å². The lowest BCUT2D eigenvalue weighted by Gasteiger charge is -2.30. The van der Waals surface area contributed by atoms with E-state index < -0.39 is 6.10 Å². The number of benzene rings is 1. The second-order valence-electron chi connectivity index (χ2n) is 6.05. The van der Waals surface area contributed by atoms with Gasteiger partial charge in [0.2, 0.25) is 5.88 Å². The van der Waals surface area contributed by atoms with Gasteiger partial charge in [0.1, 0.15) is 12.1 Å². The molecule has 0 aliphatic carbocycles. The zero-order valence-electron chi connectivity index (χ0n) is 14.2. The van der Waals surface area contributed by atoms with Gasteiger partial charge in [0.05, 0.1) is 32.1 Å². The number of nitrogens with zero attached hydrogens (tertiary/aromatic N) is 3. The van der Waals surface area contributed by atoms with E-state index >= 15 is 0 Å². The molecule has 1 N–H and O–H groups in total. The molecule has 0 saturated heterocycles. The van der Waals surface area contributed by atoms with Crippen molar-refractivity contribution in [1.82, 2.24) is 14.9 Å². The van der Waals surface area contributed by atoms with E-state index in [4.69, 9.17) is 9.47 Å². The van der Waals surface area contributed by atoms with Crippen molar-refractivity contribution in [2.75, 3.05) is 26.8 Å². The van der Waals surface area contributed by atoms with Crippen LogP contribution < -0.4 is 4.74 Å². The molecule has 1 aliphatic rings. The Morgan fingerprint density at radius 2 is 2.16 bits per heavy atom. The second kappa shape index (κ2) is 8.33. The molecule has 6 nitrogen and oxygen atoms in total. The molecule has 1 unspecified atom stereocenters. The van der Waals surface area contributed by atoms with E-state index in [2.05, 4.69) is 14.9 Å². The molecule has 1 aliphatic heterocycles. The van der Waals surface area contributed by atoms with Crippen LogP contribution in [-0.2, 0) is 24.3 Å². The molecular formula is C18H22FN3O3. The highest BCUT2D eigenvalue weighted by atomic mass is 19.1. The van der Waals surface area contributed by atoms with Crippen molar-refractivity contribution in [1.29, 1.82) is 0 Å². The molecule has 25 heavy (non-hydrogen) atoms. The van der Waals surface area contributed by atoms with Crippen molar-refractivity contribution in [3.05, 3.63) is 53.2 Å². The van der Waals surface area contributed by atoms with Gasteiger partial charge >= 0.3 is 0 Å². The largest absolute Gasteiger partial charge is 0.481 e. The number of β-amino-alcohol motifs (C(OH)–C–C–N with tert-alkyl or cyclic N) is 1. The number of aliphatic hydroxyl groups is 1. The molecule has 7 heteroatoms. The van der Waals surface area contributed by atoms with E-state index in [9.17, 15) is 9.50 Å². The maximum Gasteiger partial charge on any atom is 0.220 e. The summed E-state index contributed by atoms with van der Waals surface area (Å²) in [5.74, 6) is 0.289. The number of rotatable bonds is 7. The Hall–Kier alpha value is -2.09. The first-order valence-electron chi connectivity index (χ1n) is 8.25. The van der Waals surface area contributed by atoms with Crippen LogP contribution in [0.2, 0.25) is 0 Å². The van der Waals surface area contributed by atoms with E-state index in [1.54, 1.807) is 25.3 Å². The summed E-state index contributed by atoms with van der Waals surface area (Å²) in [6.07, 6.45) is 1.65. The van der Waals surface area contributed by atoms with Crippen LogP contribution >= 0.6 is 0 Å². The first-order chi connectivity index (χ1) is 12.2. The molecule has 0 radical (unpaired) electrons. The molecule has 1 aromatic heterocycles. The normalized spacial score (nSPS) is 15.6. The van der Waals surface area contributed by atoms with E-state index in [1.165, 1.54) is 12.4 Å². The van der Waals surface area contributed by atoms with Gasteiger partial charge in [-0.15, -0.1) is 0 Å². The quantitative estimate of drug-likeness (QED) is 0.820. The lowest BCUT2D eigenvalue weighted by Crippen LogP contribution is -2.38. The van der Waals surface area contributed by atoms with Crippen LogP contribution in [0.25, 0.3) is 0 Å². The van der Waals surface area contributed by atoms with Gasteiger partial charge in [-0.05, 0) is 6.07 Å². The highest BCUT2D eigenvalue weighted by molar-refractivity contribution is 5.31. The monoisotopic (exact) mass is 347 g/mol. The van der Waals surface area contributed by atoms with Crippen LogP contribution in [0, 0.1) is 5.82 Å². The number of ether oxygens (including phenoxy) is 2. The van der Waals surface area contributed by atoms with Crippen LogP contribution in [0.1, 0.15) is 16.8 Å². The van der Waals surface area contributed by atoms with Gasteiger partial charge in [-0.3, -0.25) is 4.90 Å². The third-order valence-electron chi connectivity index (χ3n) is 4.23. The van der Waals surface area contributed by atoms with Gasteiger partial charge in [0.25, 0.3) is 0 Å². The number of fused-ring (bicyclic) bond motifs is 1. The standard InChI is InChI=1S/C18H22FN3O3/c1-24-18-15-9-22(7-6-17(15)20-12-21-18)8-14(23)11-25-10-13-4-2-3-5-16(13)19/h2-5,12,14,23H,6-11H2,1H3. The number of hydrogen-bond donors (Lipinski definition) is 1. The summed E-state index contributed by atoms with van der Waals surface area (Å²) in [5.41, 5.74) is 2.45. The summed E-state index contributed by atoms with van der Waals surface area (Å²) in [6, 6.07) is 6.48. The van der Waals surface area contributed by atoms with E-state index in [0.29, 0.717) is 24.5 Å². The molecule has 0 saturated carbocycles. The molecule has 0 spiro atoms. The smallest absolute Gasteiger partial charge is 0.220 e. The van der Waals surface area contributed by atoms with Gasteiger partial charge in [-0.2, -0.15) is 0 Å². The minimum atomic E-state index is -0.649. The SMILES string of the molecule is COc1ncnc2c1CN(CC(O)COCc1ccccc1F)CC2. The van der Waals surface area contributed by atoms with Crippen molar-refractivity contribution < 1.29 is 19.0 Å². The van der Waals surface area contributed by atoms with Crippen molar-refractivity contribution in [3.63, 3.8) is 0 Å². The van der Waals surface area contributed by atoms with Gasteiger partial charge in [0, 0.05) is 37.2 Å². The molecular weight excluding hydrogens is 325 g/mol. The Labute approximate surface area is 146 Å². The Morgan fingerprint density at radius 1 is 1.32 bits per heavy atom. The van der Waals surface area contributed by atoms with E-state index in [-0.39, 0.29) is 19.0 Å². The minimum Gasteiger partial charge on any atom is -0.481 e. The highest BCUT2D eigenvalue weighted by Gasteiger charge is 2.23. The fourth-order valence-electron chi connectivity index (χ4n) is 2.97. The summed E-state index contributed by atoms with van der Waals surface area (Å²) in [5, 5.41) is 10.2. The van der Waals surface area contributed by atoms with Crippen molar-refractivity contribution >= 4 is 0 Å². The predicted octanol–water partition coefficient (Wildman–Crippen LogP) is 1.56. The van der Waals surface area contributed by atoms with Crippen LogP contribution in [-0.4, -0.2) is 52.9 Å². The molecule has 0 amide bonds. The summed E-state index contributed by atoms with van der Waals surface area (Å²) in [7, 11) is 1.59. The zero-order chi connectivity index (χ0) is 17.6. The maximum atomic E-state index is 13.5.